The Morgan fingerprint density at radius 2 is 1.94 bits per heavy atom. The van der Waals surface area contributed by atoms with Crippen molar-refractivity contribution in [2.75, 3.05) is 6.61 Å². The first-order valence-corrected chi connectivity index (χ1v) is 6.04. The van der Waals surface area contributed by atoms with Crippen LogP contribution in [0, 0.1) is 0 Å². The molecule has 0 unspecified atom stereocenters. The van der Waals surface area contributed by atoms with Crippen molar-refractivity contribution in [2.24, 2.45) is 0 Å². The van der Waals surface area contributed by atoms with Crippen molar-refractivity contribution < 1.29 is 4.74 Å². The fraction of sp³-hybridized carbons (Fsp3) is 0.0625. The highest BCUT2D eigenvalue weighted by molar-refractivity contribution is 5.98. The third kappa shape index (κ3) is 1.32. The minimum absolute atomic E-state index is 0.645. The highest BCUT2D eigenvalue weighted by Crippen LogP contribution is 2.31. The molecule has 0 amide bonds. The Morgan fingerprint density at radius 3 is 2.94 bits per heavy atom. The molecule has 2 nitrogen and oxygen atoms in total. The first kappa shape index (κ1) is 9.66. The predicted octanol–water partition coefficient (Wildman–Crippen LogP) is 3.79. The van der Waals surface area contributed by atoms with Gasteiger partial charge in [-0.25, -0.2) is 4.98 Å². The van der Waals surface area contributed by atoms with Crippen LogP contribution in [0.3, 0.4) is 0 Å². The molecule has 2 aromatic carbocycles. The lowest BCUT2D eigenvalue weighted by molar-refractivity contribution is 0.359. The maximum absolute atomic E-state index is 5.62. The van der Waals surface area contributed by atoms with E-state index in [-0.39, 0.29) is 0 Å². The molecule has 0 atom stereocenters. The van der Waals surface area contributed by atoms with Crippen molar-refractivity contribution >= 4 is 27.9 Å². The molecule has 1 aliphatic rings. The number of hydrogen-bond acceptors (Lipinski definition) is 2. The van der Waals surface area contributed by atoms with Crippen LogP contribution in [0.5, 0.6) is 5.75 Å². The minimum atomic E-state index is 0.645. The quantitative estimate of drug-likeness (QED) is 0.551. The highest BCUT2D eigenvalue weighted by atomic mass is 16.5. The van der Waals surface area contributed by atoms with Crippen LogP contribution in [-0.4, -0.2) is 11.6 Å². The van der Waals surface area contributed by atoms with Crippen molar-refractivity contribution in [1.29, 1.82) is 0 Å². The second kappa shape index (κ2) is 3.57. The molecule has 0 aliphatic carbocycles. The topological polar surface area (TPSA) is 22.1 Å². The molecule has 18 heavy (non-hydrogen) atoms. The standard InChI is InChI=1S/C16H11NO/c1-2-6-14-11(4-1)10-12-7-8-15-13(16(12)17-14)5-3-9-18-15/h1-8,10H,9H2. The van der Waals surface area contributed by atoms with Gasteiger partial charge in [-0.3, -0.25) is 0 Å². The molecule has 1 aromatic heterocycles. The number of benzene rings is 2. The molecule has 0 bridgehead atoms. The molecular formula is C16H11NO. The highest BCUT2D eigenvalue weighted by Gasteiger charge is 2.11. The summed E-state index contributed by atoms with van der Waals surface area (Å²) >= 11 is 0. The van der Waals surface area contributed by atoms with Crippen molar-refractivity contribution in [1.82, 2.24) is 4.98 Å². The van der Waals surface area contributed by atoms with Crippen molar-refractivity contribution in [3.8, 4) is 5.75 Å². The van der Waals surface area contributed by atoms with Crippen LogP contribution in [-0.2, 0) is 0 Å². The normalized spacial score (nSPS) is 13.6. The molecule has 4 rings (SSSR count). The Kier molecular flexibility index (Phi) is 1.92. The average Bonchev–Trinajstić information content (AvgIpc) is 2.45. The monoisotopic (exact) mass is 233 g/mol. The molecule has 0 saturated carbocycles. The third-order valence-electron chi connectivity index (χ3n) is 3.31. The zero-order valence-corrected chi connectivity index (χ0v) is 9.76. The summed E-state index contributed by atoms with van der Waals surface area (Å²) in [6.07, 6.45) is 4.13. The number of fused-ring (bicyclic) bond motifs is 4. The Balaban J connectivity index is 2.16. The molecule has 86 valence electrons. The molecule has 0 fully saturated rings. The Bertz CT molecular complexity index is 790. The van der Waals surface area contributed by atoms with Crippen molar-refractivity contribution in [2.45, 2.75) is 0 Å². The summed E-state index contributed by atoms with van der Waals surface area (Å²) in [4.78, 5) is 4.76. The van der Waals surface area contributed by atoms with Crippen LogP contribution < -0.4 is 4.74 Å². The summed E-state index contributed by atoms with van der Waals surface area (Å²) in [6, 6.07) is 14.5. The molecule has 3 aromatic rings. The first-order chi connectivity index (χ1) is 8.92. The van der Waals surface area contributed by atoms with E-state index in [1.54, 1.807) is 0 Å². The third-order valence-corrected chi connectivity index (χ3v) is 3.31. The Labute approximate surface area is 105 Å². The fourth-order valence-corrected chi connectivity index (χ4v) is 2.44. The SMILES string of the molecule is C1=Cc2c(ccc3cc4ccccc4nc23)OC1. The molecule has 0 radical (unpaired) electrons. The second-order valence-corrected chi connectivity index (χ2v) is 4.44. The van der Waals surface area contributed by atoms with Crippen LogP contribution in [0.1, 0.15) is 5.56 Å². The predicted molar refractivity (Wildman–Crippen MR) is 73.8 cm³/mol. The number of para-hydroxylation sites is 1. The van der Waals surface area contributed by atoms with Gasteiger partial charge in [-0.1, -0.05) is 18.2 Å². The lowest BCUT2D eigenvalue weighted by atomic mass is 10.0. The van der Waals surface area contributed by atoms with Crippen LogP contribution in [0.4, 0.5) is 0 Å². The number of hydrogen-bond donors (Lipinski definition) is 0. The van der Waals surface area contributed by atoms with Crippen LogP contribution >= 0.6 is 0 Å². The van der Waals surface area contributed by atoms with Crippen LogP contribution in [0.2, 0.25) is 0 Å². The lowest BCUT2D eigenvalue weighted by Crippen LogP contribution is -2.01. The smallest absolute Gasteiger partial charge is 0.129 e. The van der Waals surface area contributed by atoms with Gasteiger partial charge in [-0.15, -0.1) is 0 Å². The summed E-state index contributed by atoms with van der Waals surface area (Å²) in [5, 5.41) is 2.33. The van der Waals surface area contributed by atoms with Gasteiger partial charge in [0.2, 0.25) is 0 Å². The van der Waals surface area contributed by atoms with Gasteiger partial charge in [0.05, 0.1) is 11.0 Å². The van der Waals surface area contributed by atoms with E-state index >= 15 is 0 Å². The Hall–Kier alpha value is -2.35. The van der Waals surface area contributed by atoms with Crippen molar-refractivity contribution in [3.05, 3.63) is 54.1 Å². The van der Waals surface area contributed by atoms with E-state index in [4.69, 9.17) is 9.72 Å². The van der Waals surface area contributed by atoms with Gasteiger partial charge in [-0.05, 0) is 36.4 Å². The summed E-state index contributed by atoms with van der Waals surface area (Å²) in [5.41, 5.74) is 3.13. The Morgan fingerprint density at radius 1 is 1.00 bits per heavy atom. The zero-order chi connectivity index (χ0) is 11.9. The number of nitrogens with zero attached hydrogens (tertiary/aromatic N) is 1. The molecule has 0 N–H and O–H groups in total. The lowest BCUT2D eigenvalue weighted by Gasteiger charge is -2.14. The van der Waals surface area contributed by atoms with Gasteiger partial charge in [0.15, 0.2) is 0 Å². The van der Waals surface area contributed by atoms with Crippen LogP contribution in [0.25, 0.3) is 27.9 Å². The molecule has 0 saturated heterocycles. The number of rotatable bonds is 0. The number of pyridine rings is 1. The van der Waals surface area contributed by atoms with E-state index < -0.39 is 0 Å². The van der Waals surface area contributed by atoms with Gasteiger partial charge >= 0.3 is 0 Å². The zero-order valence-electron chi connectivity index (χ0n) is 9.76. The maximum Gasteiger partial charge on any atom is 0.129 e. The number of aromatic nitrogens is 1. The van der Waals surface area contributed by atoms with Gasteiger partial charge in [0, 0.05) is 16.3 Å². The molecule has 2 heterocycles. The largest absolute Gasteiger partial charge is 0.489 e. The summed E-state index contributed by atoms with van der Waals surface area (Å²) in [5.74, 6) is 0.924. The van der Waals surface area contributed by atoms with E-state index in [0.29, 0.717) is 6.61 Å². The summed E-state index contributed by atoms with van der Waals surface area (Å²) in [6.45, 7) is 0.645. The van der Waals surface area contributed by atoms with E-state index in [1.807, 2.05) is 30.3 Å². The van der Waals surface area contributed by atoms with E-state index in [9.17, 15) is 0 Å². The molecule has 0 spiro atoms. The maximum atomic E-state index is 5.62. The molecule has 2 heteroatoms. The molecular weight excluding hydrogens is 222 g/mol. The first-order valence-electron chi connectivity index (χ1n) is 6.04. The molecule has 1 aliphatic heterocycles. The van der Waals surface area contributed by atoms with Crippen LogP contribution in [0.15, 0.2) is 48.5 Å². The summed E-state index contributed by atoms with van der Waals surface area (Å²) < 4.78 is 5.62. The van der Waals surface area contributed by atoms with Gasteiger partial charge in [0.25, 0.3) is 0 Å². The summed E-state index contributed by atoms with van der Waals surface area (Å²) in [7, 11) is 0. The fourth-order valence-electron chi connectivity index (χ4n) is 2.44. The van der Waals surface area contributed by atoms with Gasteiger partial charge in [0.1, 0.15) is 12.4 Å². The van der Waals surface area contributed by atoms with Gasteiger partial charge < -0.3 is 4.74 Å². The number of ether oxygens (including phenoxy) is 1. The van der Waals surface area contributed by atoms with E-state index in [1.165, 1.54) is 5.39 Å². The minimum Gasteiger partial charge on any atom is -0.489 e. The van der Waals surface area contributed by atoms with E-state index in [2.05, 4.69) is 24.3 Å². The average molecular weight is 233 g/mol. The van der Waals surface area contributed by atoms with Crippen molar-refractivity contribution in [3.63, 3.8) is 0 Å². The van der Waals surface area contributed by atoms with Gasteiger partial charge in [-0.2, -0.15) is 0 Å². The second-order valence-electron chi connectivity index (χ2n) is 4.44. The van der Waals surface area contributed by atoms with E-state index in [0.717, 1.165) is 27.7 Å².